The second kappa shape index (κ2) is 9.51. The highest BCUT2D eigenvalue weighted by Crippen LogP contribution is 2.33. The lowest BCUT2D eigenvalue weighted by molar-refractivity contribution is 0.392. The summed E-state index contributed by atoms with van der Waals surface area (Å²) in [5, 5.41) is 10.3. The van der Waals surface area contributed by atoms with Crippen molar-refractivity contribution in [3.63, 3.8) is 0 Å². The Hall–Kier alpha value is -3.55. The summed E-state index contributed by atoms with van der Waals surface area (Å²) in [6.45, 7) is 2.53. The first-order valence-corrected chi connectivity index (χ1v) is 10.3. The molecule has 0 bridgehead atoms. The number of nitrogens with zero attached hydrogens (tertiary/aromatic N) is 4. The van der Waals surface area contributed by atoms with Crippen molar-refractivity contribution in [3.8, 4) is 22.9 Å². The number of ether oxygens (including phenoxy) is 2. The summed E-state index contributed by atoms with van der Waals surface area (Å²) >= 11 is 0. The van der Waals surface area contributed by atoms with Crippen LogP contribution < -0.4 is 14.8 Å². The van der Waals surface area contributed by atoms with Crippen LogP contribution in [0.15, 0.2) is 53.8 Å². The van der Waals surface area contributed by atoms with Gasteiger partial charge in [0.1, 0.15) is 17.8 Å². The molecule has 8 heteroatoms. The van der Waals surface area contributed by atoms with Gasteiger partial charge in [-0.05, 0) is 35.7 Å². The Morgan fingerprint density at radius 2 is 2.00 bits per heavy atom. The van der Waals surface area contributed by atoms with Crippen molar-refractivity contribution in [2.24, 2.45) is 4.99 Å². The summed E-state index contributed by atoms with van der Waals surface area (Å²) in [5.74, 6) is 3.71. The molecule has 3 aromatic rings. The molecule has 1 unspecified atom stereocenters. The topological polar surface area (TPSA) is 87.7 Å². The van der Waals surface area contributed by atoms with Crippen molar-refractivity contribution < 1.29 is 9.47 Å². The van der Waals surface area contributed by atoms with Crippen LogP contribution in [0.3, 0.4) is 0 Å². The highest BCUT2D eigenvalue weighted by atomic mass is 16.5. The fourth-order valence-corrected chi connectivity index (χ4v) is 3.98. The van der Waals surface area contributed by atoms with Gasteiger partial charge in [-0.1, -0.05) is 18.2 Å². The van der Waals surface area contributed by atoms with Crippen LogP contribution in [-0.2, 0) is 6.54 Å². The Labute approximate surface area is 182 Å². The second-order valence-electron chi connectivity index (χ2n) is 7.51. The average molecular weight is 421 g/mol. The molecule has 0 saturated carbocycles. The molecule has 0 amide bonds. The summed E-state index contributed by atoms with van der Waals surface area (Å²) in [6.07, 6.45) is 2.57. The van der Waals surface area contributed by atoms with E-state index in [1.54, 1.807) is 14.2 Å². The highest BCUT2D eigenvalue weighted by molar-refractivity contribution is 5.80. The van der Waals surface area contributed by atoms with Gasteiger partial charge >= 0.3 is 0 Å². The van der Waals surface area contributed by atoms with Crippen LogP contribution in [0.5, 0.6) is 11.5 Å². The summed E-state index contributed by atoms with van der Waals surface area (Å²) in [6, 6.07) is 14.4. The lowest BCUT2D eigenvalue weighted by atomic mass is 9.98. The van der Waals surface area contributed by atoms with Crippen molar-refractivity contribution in [2.45, 2.75) is 18.9 Å². The van der Waals surface area contributed by atoms with Gasteiger partial charge in [-0.2, -0.15) is 5.10 Å². The van der Waals surface area contributed by atoms with Gasteiger partial charge in [-0.3, -0.25) is 10.1 Å². The molecule has 0 spiro atoms. The number of aromatic nitrogens is 3. The minimum atomic E-state index is 0.400. The number of nitrogens with one attached hydrogen (secondary N) is 2. The van der Waals surface area contributed by atoms with E-state index in [0.717, 1.165) is 53.9 Å². The number of guanidine groups is 1. The van der Waals surface area contributed by atoms with Crippen LogP contribution in [0.4, 0.5) is 0 Å². The smallest absolute Gasteiger partial charge is 0.193 e. The zero-order valence-corrected chi connectivity index (χ0v) is 18.1. The Kier molecular flexibility index (Phi) is 6.35. The van der Waals surface area contributed by atoms with Gasteiger partial charge in [-0.25, -0.2) is 4.98 Å². The van der Waals surface area contributed by atoms with E-state index in [2.05, 4.69) is 54.7 Å². The van der Waals surface area contributed by atoms with Crippen LogP contribution in [-0.4, -0.2) is 60.4 Å². The van der Waals surface area contributed by atoms with E-state index in [0.29, 0.717) is 12.5 Å². The number of hydrogen-bond acceptors (Lipinski definition) is 5. The quantitative estimate of drug-likeness (QED) is 0.471. The first-order valence-electron chi connectivity index (χ1n) is 10.3. The molecule has 4 rings (SSSR count). The Balaban J connectivity index is 1.40. The molecule has 2 aromatic carbocycles. The maximum absolute atomic E-state index is 5.44. The number of methoxy groups -OCH3 is 2. The molecule has 1 fully saturated rings. The van der Waals surface area contributed by atoms with E-state index >= 15 is 0 Å². The summed E-state index contributed by atoms with van der Waals surface area (Å²) in [5.41, 5.74) is 3.40. The number of H-pyrrole nitrogens is 1. The number of likely N-dealkylation sites (tertiary alicyclic amines) is 1. The molecule has 2 heterocycles. The number of aromatic amines is 1. The third kappa shape index (κ3) is 4.79. The first kappa shape index (κ1) is 20.7. The predicted octanol–water partition coefficient (Wildman–Crippen LogP) is 3.05. The SMILES string of the molecule is CN=C(NCc1cccc(-c2ncn[nH]2)c1)N1CCC(c2cc(OC)cc(OC)c2)C1. The molecule has 1 aromatic heterocycles. The van der Waals surface area contributed by atoms with Crippen molar-refractivity contribution >= 4 is 5.96 Å². The van der Waals surface area contributed by atoms with Gasteiger partial charge in [0.2, 0.25) is 0 Å². The zero-order valence-electron chi connectivity index (χ0n) is 18.1. The maximum Gasteiger partial charge on any atom is 0.193 e. The fraction of sp³-hybridized carbons (Fsp3) is 0.348. The molecule has 1 aliphatic rings. The number of aliphatic imine (C=N–C) groups is 1. The van der Waals surface area contributed by atoms with Crippen LogP contribution in [0.25, 0.3) is 11.4 Å². The fourth-order valence-electron chi connectivity index (χ4n) is 3.98. The molecule has 1 aliphatic heterocycles. The van der Waals surface area contributed by atoms with Crippen molar-refractivity contribution in [3.05, 3.63) is 59.9 Å². The predicted molar refractivity (Wildman–Crippen MR) is 120 cm³/mol. The normalized spacial score (nSPS) is 16.4. The molecular weight excluding hydrogens is 392 g/mol. The zero-order chi connectivity index (χ0) is 21.6. The molecule has 1 atom stereocenters. The molecule has 0 aliphatic carbocycles. The van der Waals surface area contributed by atoms with E-state index in [4.69, 9.17) is 9.47 Å². The van der Waals surface area contributed by atoms with Crippen LogP contribution in [0.2, 0.25) is 0 Å². The van der Waals surface area contributed by atoms with Gasteiger partial charge in [-0.15, -0.1) is 0 Å². The average Bonchev–Trinajstić information content (AvgIpc) is 3.52. The van der Waals surface area contributed by atoms with E-state index in [1.807, 2.05) is 25.2 Å². The first-order chi connectivity index (χ1) is 15.2. The van der Waals surface area contributed by atoms with E-state index in [-0.39, 0.29) is 0 Å². The standard InChI is InChI=1S/C23H28N6O2/c1-24-23(25-13-16-5-4-6-17(9-16)22-26-15-27-28-22)29-8-7-18(14-29)19-10-20(30-2)12-21(11-19)31-3/h4-6,9-12,15,18H,7-8,13-14H2,1-3H3,(H,24,25)(H,26,27,28). The van der Waals surface area contributed by atoms with Crippen molar-refractivity contribution in [1.29, 1.82) is 0 Å². The van der Waals surface area contributed by atoms with Crippen LogP contribution in [0.1, 0.15) is 23.5 Å². The Morgan fingerprint density at radius 3 is 2.68 bits per heavy atom. The number of hydrogen-bond donors (Lipinski definition) is 2. The van der Waals surface area contributed by atoms with Crippen molar-refractivity contribution in [2.75, 3.05) is 34.4 Å². The molecule has 2 N–H and O–H groups in total. The molecule has 0 radical (unpaired) electrons. The second-order valence-corrected chi connectivity index (χ2v) is 7.51. The molecular formula is C23H28N6O2. The molecule has 31 heavy (non-hydrogen) atoms. The lowest BCUT2D eigenvalue weighted by Crippen LogP contribution is -2.39. The minimum Gasteiger partial charge on any atom is -0.497 e. The largest absolute Gasteiger partial charge is 0.497 e. The van der Waals surface area contributed by atoms with E-state index < -0.39 is 0 Å². The summed E-state index contributed by atoms with van der Waals surface area (Å²) in [7, 11) is 5.19. The minimum absolute atomic E-state index is 0.400. The summed E-state index contributed by atoms with van der Waals surface area (Å²) in [4.78, 5) is 11.0. The highest BCUT2D eigenvalue weighted by Gasteiger charge is 2.27. The van der Waals surface area contributed by atoms with Gasteiger partial charge < -0.3 is 19.7 Å². The third-order valence-electron chi connectivity index (χ3n) is 5.61. The number of benzene rings is 2. The van der Waals surface area contributed by atoms with E-state index in [9.17, 15) is 0 Å². The third-order valence-corrected chi connectivity index (χ3v) is 5.61. The number of rotatable bonds is 6. The van der Waals surface area contributed by atoms with Gasteiger partial charge in [0.15, 0.2) is 11.8 Å². The summed E-state index contributed by atoms with van der Waals surface area (Å²) < 4.78 is 10.9. The van der Waals surface area contributed by atoms with Gasteiger partial charge in [0, 0.05) is 44.2 Å². The van der Waals surface area contributed by atoms with E-state index in [1.165, 1.54) is 11.9 Å². The van der Waals surface area contributed by atoms with Gasteiger partial charge in [0.05, 0.1) is 14.2 Å². The van der Waals surface area contributed by atoms with Crippen molar-refractivity contribution in [1.82, 2.24) is 25.4 Å². The Morgan fingerprint density at radius 1 is 1.19 bits per heavy atom. The maximum atomic E-state index is 5.44. The van der Waals surface area contributed by atoms with Crippen LogP contribution in [0, 0.1) is 0 Å². The molecule has 8 nitrogen and oxygen atoms in total. The monoisotopic (exact) mass is 420 g/mol. The van der Waals surface area contributed by atoms with Gasteiger partial charge in [0.25, 0.3) is 0 Å². The molecule has 1 saturated heterocycles. The van der Waals surface area contributed by atoms with Crippen LogP contribution >= 0.6 is 0 Å². The lowest BCUT2D eigenvalue weighted by Gasteiger charge is -2.22. The molecule has 162 valence electrons. The Bertz CT molecular complexity index is 1010.